The first kappa shape index (κ1) is 34.0. The van der Waals surface area contributed by atoms with Crippen LogP contribution in [0, 0.1) is 13.8 Å². The van der Waals surface area contributed by atoms with Crippen LogP contribution in [-0.4, -0.2) is 58.7 Å². The second-order valence-corrected chi connectivity index (χ2v) is 13.4. The van der Waals surface area contributed by atoms with E-state index in [0.717, 1.165) is 51.3 Å². The number of phenolic OH excluding ortho intramolecular Hbond substituents is 2. The van der Waals surface area contributed by atoms with Crippen molar-refractivity contribution < 1.29 is 19.7 Å². The summed E-state index contributed by atoms with van der Waals surface area (Å²) in [5.41, 5.74) is 8.49. The maximum Gasteiger partial charge on any atom is 0.128 e. The third kappa shape index (κ3) is 8.31. The van der Waals surface area contributed by atoms with Crippen LogP contribution in [0.3, 0.4) is 0 Å². The molecule has 5 aromatic carbocycles. The van der Waals surface area contributed by atoms with Gasteiger partial charge in [-0.2, -0.15) is 0 Å². The topological polar surface area (TPSA) is 90.1 Å². The summed E-state index contributed by atoms with van der Waals surface area (Å²) >= 11 is 0. The van der Waals surface area contributed by atoms with Gasteiger partial charge < -0.3 is 19.7 Å². The molecule has 260 valence electrons. The minimum absolute atomic E-state index is 0.213. The second kappa shape index (κ2) is 15.6. The Labute approximate surface area is 300 Å². The summed E-state index contributed by atoms with van der Waals surface area (Å²) in [7, 11) is 0. The average Bonchev–Trinajstić information content (AvgIpc) is 3.13. The number of aromatic hydroxyl groups is 2. The molecule has 2 N–H and O–H groups in total. The van der Waals surface area contributed by atoms with Gasteiger partial charge in [0.25, 0.3) is 0 Å². The molecule has 0 amide bonds. The van der Waals surface area contributed by atoms with E-state index < -0.39 is 0 Å². The summed E-state index contributed by atoms with van der Waals surface area (Å²) in [4.78, 5) is 14.3. The fraction of sp³-hybridized carbons (Fsp3) is 0.256. The number of para-hydroxylation sites is 4. The van der Waals surface area contributed by atoms with Crippen molar-refractivity contribution in [2.24, 2.45) is 9.98 Å². The number of hydrogen-bond donors (Lipinski definition) is 2. The Bertz CT molecular complexity index is 1930. The Balaban J connectivity index is 1.37. The third-order valence-electron chi connectivity index (χ3n) is 9.35. The Morgan fingerprint density at radius 1 is 0.529 bits per heavy atom. The van der Waals surface area contributed by atoms with Crippen LogP contribution in [0.2, 0.25) is 0 Å². The lowest BCUT2D eigenvalue weighted by Crippen LogP contribution is -2.34. The van der Waals surface area contributed by atoms with Crippen molar-refractivity contribution in [1.82, 2.24) is 9.80 Å². The Morgan fingerprint density at radius 2 is 0.941 bits per heavy atom. The Hall–Kier alpha value is -5.44. The number of rotatable bonds is 0. The summed E-state index contributed by atoms with van der Waals surface area (Å²) in [6.07, 6.45) is 4.16. The van der Waals surface area contributed by atoms with Gasteiger partial charge in [0, 0.05) is 91.5 Å². The molecule has 8 nitrogen and oxygen atoms in total. The first-order chi connectivity index (χ1) is 24.9. The van der Waals surface area contributed by atoms with Crippen molar-refractivity contribution in [3.05, 3.63) is 142 Å². The molecule has 2 aliphatic rings. The molecule has 0 aliphatic carbocycles. The molecule has 0 saturated heterocycles. The highest BCUT2D eigenvalue weighted by molar-refractivity contribution is 5.90. The third-order valence-corrected chi connectivity index (χ3v) is 9.35. The molecule has 2 heterocycles. The smallest absolute Gasteiger partial charge is 0.128 e. The molecule has 2 atom stereocenters. The standard InChI is InChI=1S/C43H44N4O4/c1-30-20-34-24-44-38-12-5-6-13-39(38)45-25-35-21-31(2)23-37(43(35)49)29-47-17-16-46(28-36(22-30)42(34)48)26-32-10-3-7-14-40(32)50-18-9-19-51-41-15-8-4-11-33(41)27-47/h3-8,10-15,20-25,48-49H,9,16-19,26-29H2,1-2H3. The van der Waals surface area contributed by atoms with Crippen molar-refractivity contribution >= 4 is 23.8 Å². The van der Waals surface area contributed by atoms with Crippen LogP contribution < -0.4 is 9.47 Å². The van der Waals surface area contributed by atoms with Crippen LogP contribution in [-0.2, 0) is 26.2 Å². The van der Waals surface area contributed by atoms with E-state index in [1.54, 1.807) is 12.4 Å². The zero-order chi connectivity index (χ0) is 35.2. The van der Waals surface area contributed by atoms with Gasteiger partial charge in [-0.1, -0.05) is 60.7 Å². The molecule has 0 aromatic heterocycles. The van der Waals surface area contributed by atoms with Gasteiger partial charge in [-0.05, 0) is 61.4 Å². The maximum absolute atomic E-state index is 11.7. The largest absolute Gasteiger partial charge is 0.507 e. The van der Waals surface area contributed by atoms with E-state index >= 15 is 0 Å². The number of benzene rings is 5. The SMILES string of the molecule is Cc1cc2c(O)c(c1)CN1CCN(Cc3ccccc3OCCCOc3ccccc3C1)Cc1cc(C)cc(c1O)C=Nc1ccccc1N=C2. The lowest BCUT2D eigenvalue weighted by atomic mass is 10.0. The molecule has 0 fully saturated rings. The van der Waals surface area contributed by atoms with E-state index in [4.69, 9.17) is 19.5 Å². The number of phenols is 2. The molecule has 6 bridgehead atoms. The highest BCUT2D eigenvalue weighted by Crippen LogP contribution is 2.33. The van der Waals surface area contributed by atoms with Gasteiger partial charge in [0.1, 0.15) is 23.0 Å². The molecule has 0 spiro atoms. The van der Waals surface area contributed by atoms with Gasteiger partial charge in [-0.3, -0.25) is 19.8 Å². The quantitative estimate of drug-likeness (QED) is 0.171. The molecule has 0 saturated carbocycles. The van der Waals surface area contributed by atoms with Crippen molar-refractivity contribution in [1.29, 1.82) is 0 Å². The number of hydrogen-bond acceptors (Lipinski definition) is 8. The lowest BCUT2D eigenvalue weighted by Gasteiger charge is -2.29. The average molecular weight is 681 g/mol. The second-order valence-electron chi connectivity index (χ2n) is 13.4. The minimum Gasteiger partial charge on any atom is -0.507 e. The van der Waals surface area contributed by atoms with Gasteiger partial charge in [-0.25, -0.2) is 0 Å². The molecule has 0 radical (unpaired) electrons. The van der Waals surface area contributed by atoms with E-state index in [0.29, 0.717) is 75.0 Å². The summed E-state index contributed by atoms with van der Waals surface area (Å²) in [6, 6.07) is 32.0. The first-order valence-corrected chi connectivity index (χ1v) is 17.6. The molecular formula is C43H44N4O4. The van der Waals surface area contributed by atoms with Crippen molar-refractivity contribution in [3.8, 4) is 23.0 Å². The molecule has 7 rings (SSSR count). The Morgan fingerprint density at radius 3 is 1.41 bits per heavy atom. The van der Waals surface area contributed by atoms with Gasteiger partial charge >= 0.3 is 0 Å². The van der Waals surface area contributed by atoms with Gasteiger partial charge in [0.15, 0.2) is 0 Å². The zero-order valence-electron chi connectivity index (χ0n) is 29.3. The number of ether oxygens (including phenoxy) is 2. The van der Waals surface area contributed by atoms with Crippen molar-refractivity contribution in [2.45, 2.75) is 46.4 Å². The van der Waals surface area contributed by atoms with E-state index in [9.17, 15) is 10.2 Å². The highest BCUT2D eigenvalue weighted by atomic mass is 16.5. The maximum atomic E-state index is 11.7. The van der Waals surface area contributed by atoms with Crippen molar-refractivity contribution in [3.63, 3.8) is 0 Å². The summed E-state index contributed by atoms with van der Waals surface area (Å²) in [5.74, 6) is 2.13. The molecule has 8 heteroatoms. The van der Waals surface area contributed by atoms with Crippen LogP contribution in [0.5, 0.6) is 23.0 Å². The van der Waals surface area contributed by atoms with Crippen LogP contribution in [0.4, 0.5) is 11.4 Å². The van der Waals surface area contributed by atoms with Crippen LogP contribution >= 0.6 is 0 Å². The molecule has 51 heavy (non-hydrogen) atoms. The molecule has 2 aliphatic heterocycles. The molecule has 2 unspecified atom stereocenters. The van der Waals surface area contributed by atoms with E-state index in [-0.39, 0.29) is 11.5 Å². The van der Waals surface area contributed by atoms with Gasteiger partial charge in [0.2, 0.25) is 0 Å². The van der Waals surface area contributed by atoms with Crippen LogP contribution in [0.15, 0.2) is 107 Å². The normalized spacial score (nSPS) is 18.0. The Kier molecular flexibility index (Phi) is 10.4. The monoisotopic (exact) mass is 680 g/mol. The molecular weight excluding hydrogens is 636 g/mol. The summed E-state index contributed by atoms with van der Waals surface area (Å²) in [6.45, 7) is 8.79. The zero-order valence-corrected chi connectivity index (χ0v) is 29.3. The predicted octanol–water partition coefficient (Wildman–Crippen LogP) is 8.40. The highest BCUT2D eigenvalue weighted by Gasteiger charge is 2.20. The molecule has 5 aromatic rings. The van der Waals surface area contributed by atoms with E-state index in [2.05, 4.69) is 34.1 Å². The number of nitrogens with zero attached hydrogens (tertiary/aromatic N) is 4. The predicted molar refractivity (Wildman–Crippen MR) is 203 cm³/mol. The van der Waals surface area contributed by atoms with Crippen molar-refractivity contribution in [2.75, 3.05) is 26.3 Å². The number of aliphatic imine (C=N–C) groups is 2. The fourth-order valence-corrected chi connectivity index (χ4v) is 6.81. The van der Waals surface area contributed by atoms with Crippen LogP contribution in [0.1, 0.15) is 50.9 Å². The summed E-state index contributed by atoms with van der Waals surface area (Å²) in [5, 5.41) is 23.3. The number of fused-ring (bicyclic) bond motifs is 10. The van der Waals surface area contributed by atoms with E-state index in [1.165, 1.54) is 0 Å². The van der Waals surface area contributed by atoms with Gasteiger partial charge in [0.05, 0.1) is 24.6 Å². The van der Waals surface area contributed by atoms with E-state index in [1.807, 2.05) is 86.6 Å². The lowest BCUT2D eigenvalue weighted by molar-refractivity contribution is 0.178. The van der Waals surface area contributed by atoms with Crippen LogP contribution in [0.25, 0.3) is 0 Å². The first-order valence-electron chi connectivity index (χ1n) is 17.6. The number of aryl methyl sites for hydroxylation is 2. The van der Waals surface area contributed by atoms with Gasteiger partial charge in [-0.15, -0.1) is 0 Å². The fourth-order valence-electron chi connectivity index (χ4n) is 6.81. The minimum atomic E-state index is 0.213. The summed E-state index contributed by atoms with van der Waals surface area (Å²) < 4.78 is 12.6.